The smallest absolute Gasteiger partial charge is 0.408 e. The second kappa shape index (κ2) is 14.0. The van der Waals surface area contributed by atoms with Gasteiger partial charge in [0.15, 0.2) is 0 Å². The summed E-state index contributed by atoms with van der Waals surface area (Å²) in [7, 11) is -4.34. The Morgan fingerprint density at radius 2 is 1.76 bits per heavy atom. The Labute approximate surface area is 269 Å². The fourth-order valence-electron chi connectivity index (χ4n) is 6.57. The third kappa shape index (κ3) is 8.29. The molecule has 1 aromatic rings. The summed E-state index contributed by atoms with van der Waals surface area (Å²) in [6.45, 7) is 2.25. The highest BCUT2D eigenvalue weighted by Gasteiger charge is 2.61. The Morgan fingerprint density at radius 1 is 1.04 bits per heavy atom. The van der Waals surface area contributed by atoms with Crippen LogP contribution in [0, 0.1) is 11.8 Å². The van der Waals surface area contributed by atoms with Crippen molar-refractivity contribution in [3.05, 3.63) is 41.4 Å². The van der Waals surface area contributed by atoms with Crippen molar-refractivity contribution in [1.82, 2.24) is 20.3 Å². The zero-order chi connectivity index (χ0) is 32.2. The largest absolute Gasteiger partial charge is 0.446 e. The molecule has 2 aliphatic carbocycles. The zero-order valence-corrected chi connectivity index (χ0v) is 27.0. The van der Waals surface area contributed by atoms with Crippen molar-refractivity contribution in [2.45, 2.75) is 101 Å². The molecule has 0 bridgehead atoms. The number of ether oxygens (including phenoxy) is 1. The van der Waals surface area contributed by atoms with Gasteiger partial charge in [0.1, 0.15) is 23.7 Å². The van der Waals surface area contributed by atoms with Crippen molar-refractivity contribution in [2.75, 3.05) is 11.3 Å². The Kier molecular flexibility index (Phi) is 10.3. The minimum absolute atomic E-state index is 0.00157. The van der Waals surface area contributed by atoms with Gasteiger partial charge in [0, 0.05) is 17.5 Å². The number of amides is 4. The normalized spacial score (nSPS) is 30.1. The lowest BCUT2D eigenvalue weighted by Gasteiger charge is -2.30. The molecule has 0 radical (unpaired) electrons. The lowest BCUT2D eigenvalue weighted by atomic mass is 10.0. The third-order valence-electron chi connectivity index (χ3n) is 9.08. The highest BCUT2D eigenvalue weighted by Crippen LogP contribution is 2.45. The number of hydrogen-bond donors (Lipinski definition) is 4. The number of hydrogen-bond acceptors (Lipinski definition) is 7. The van der Waals surface area contributed by atoms with Crippen molar-refractivity contribution in [3.8, 4) is 0 Å². The molecule has 246 valence electrons. The van der Waals surface area contributed by atoms with E-state index in [0.717, 1.165) is 38.5 Å². The predicted octanol–water partition coefficient (Wildman–Crippen LogP) is 3.78. The molecule has 0 spiro atoms. The first-order valence-electron chi connectivity index (χ1n) is 15.8. The molecule has 4 N–H and O–H groups in total. The molecule has 5 atom stereocenters. The number of nitrogens with zero attached hydrogens (tertiary/aromatic N) is 1. The van der Waals surface area contributed by atoms with Gasteiger partial charge < -0.3 is 20.3 Å². The summed E-state index contributed by atoms with van der Waals surface area (Å²) in [6.07, 6.45) is 10.7. The van der Waals surface area contributed by atoms with Crippen LogP contribution in [0.4, 0.5) is 10.5 Å². The maximum Gasteiger partial charge on any atom is 0.408 e. The van der Waals surface area contributed by atoms with Crippen molar-refractivity contribution >= 4 is 51.3 Å². The molecule has 2 heterocycles. The van der Waals surface area contributed by atoms with E-state index < -0.39 is 51.7 Å². The molecule has 0 aromatic heterocycles. The number of alkyl carbamates (subject to hydrolysis) is 1. The van der Waals surface area contributed by atoms with E-state index in [1.54, 1.807) is 0 Å². The quantitative estimate of drug-likeness (QED) is 0.337. The molecule has 45 heavy (non-hydrogen) atoms. The Morgan fingerprint density at radius 3 is 2.49 bits per heavy atom. The zero-order valence-electron chi connectivity index (χ0n) is 25.4. The number of allylic oxidation sites excluding steroid dienone is 1. The molecule has 12 nitrogen and oxygen atoms in total. The summed E-state index contributed by atoms with van der Waals surface area (Å²) in [6, 6.07) is 4.21. The number of carbonyl (C=O) groups excluding carboxylic acids is 4. The Hall–Kier alpha value is -3.32. The molecule has 4 amide bonds. The van der Waals surface area contributed by atoms with Crippen molar-refractivity contribution in [2.24, 2.45) is 11.8 Å². The summed E-state index contributed by atoms with van der Waals surface area (Å²) >= 11 is 5.89. The molecule has 4 aliphatic rings. The lowest BCUT2D eigenvalue weighted by molar-refractivity contribution is -0.141. The van der Waals surface area contributed by atoms with Crippen LogP contribution in [0.15, 0.2) is 36.4 Å². The standard InChI is InChI=1S/C31H42ClN5O7S/c1-20-17-26-27(38)34-31(29(40)36-45(42,43)35-23-15-13-22(32)14-16-23)18-21(31)9-5-3-2-4-6-12-25(28(39)37(26)19-20)33-30(41)44-24-10-7-8-11-24/h5,9,13-16,20-21,24-26,35H,2-4,6-8,10-12,17-19H2,1H3,(H,33,41)(H,34,38)(H,36,40)/b9-5-/t20-,21-,25+,26+,31-/m1/s1. The van der Waals surface area contributed by atoms with Crippen LogP contribution in [0.3, 0.4) is 0 Å². The fraction of sp³-hybridized carbons (Fsp3) is 0.613. The molecule has 14 heteroatoms. The van der Waals surface area contributed by atoms with Gasteiger partial charge in [-0.25, -0.2) is 9.52 Å². The van der Waals surface area contributed by atoms with Gasteiger partial charge in [0.2, 0.25) is 11.8 Å². The van der Waals surface area contributed by atoms with Crippen LogP contribution in [0.1, 0.15) is 77.6 Å². The van der Waals surface area contributed by atoms with E-state index in [1.807, 2.05) is 19.1 Å². The molecule has 0 unspecified atom stereocenters. The molecule has 1 aromatic carbocycles. The summed E-state index contributed by atoms with van der Waals surface area (Å²) in [5.41, 5.74) is -1.29. The van der Waals surface area contributed by atoms with Crippen LogP contribution in [0.25, 0.3) is 0 Å². The van der Waals surface area contributed by atoms with E-state index in [9.17, 15) is 27.6 Å². The first-order valence-corrected chi connectivity index (χ1v) is 17.7. The van der Waals surface area contributed by atoms with Crippen molar-refractivity contribution < 1.29 is 32.3 Å². The van der Waals surface area contributed by atoms with Crippen LogP contribution < -0.4 is 20.1 Å². The number of halogens is 1. The molecule has 1 saturated heterocycles. The number of rotatable bonds is 6. The van der Waals surface area contributed by atoms with Gasteiger partial charge in [-0.1, -0.05) is 43.5 Å². The van der Waals surface area contributed by atoms with Crippen LogP contribution in [-0.4, -0.2) is 67.4 Å². The molecule has 5 rings (SSSR count). The average Bonchev–Trinajstić information content (AvgIpc) is 3.26. The monoisotopic (exact) mass is 663 g/mol. The molecule has 2 aliphatic heterocycles. The maximum absolute atomic E-state index is 13.9. The second-order valence-electron chi connectivity index (χ2n) is 12.7. The number of nitrogens with one attached hydrogen (secondary N) is 4. The summed E-state index contributed by atoms with van der Waals surface area (Å²) < 4.78 is 35.7. The summed E-state index contributed by atoms with van der Waals surface area (Å²) in [4.78, 5) is 55.5. The van der Waals surface area contributed by atoms with Gasteiger partial charge in [0.25, 0.3) is 5.91 Å². The van der Waals surface area contributed by atoms with E-state index in [1.165, 1.54) is 29.2 Å². The van der Waals surface area contributed by atoms with Gasteiger partial charge in [-0.2, -0.15) is 8.42 Å². The van der Waals surface area contributed by atoms with Gasteiger partial charge in [-0.05, 0) is 88.0 Å². The summed E-state index contributed by atoms with van der Waals surface area (Å²) in [5.74, 6) is -2.19. The number of fused-ring (bicyclic) bond motifs is 2. The van der Waals surface area contributed by atoms with Crippen LogP contribution in [0.2, 0.25) is 5.02 Å². The highest BCUT2D eigenvalue weighted by atomic mass is 35.5. The van der Waals surface area contributed by atoms with Gasteiger partial charge in [0.05, 0.1) is 5.69 Å². The van der Waals surface area contributed by atoms with Gasteiger partial charge in [-0.3, -0.25) is 19.1 Å². The lowest BCUT2D eigenvalue weighted by Crippen LogP contribution is -2.58. The van der Waals surface area contributed by atoms with E-state index in [2.05, 4.69) is 20.1 Å². The fourth-order valence-corrected chi connectivity index (χ4v) is 7.62. The van der Waals surface area contributed by atoms with Crippen LogP contribution in [-0.2, 0) is 29.3 Å². The first-order chi connectivity index (χ1) is 21.5. The molecule has 3 fully saturated rings. The molecular weight excluding hydrogens is 622 g/mol. The number of benzene rings is 1. The summed E-state index contributed by atoms with van der Waals surface area (Å²) in [5, 5.41) is 6.03. The van der Waals surface area contributed by atoms with E-state index >= 15 is 0 Å². The number of anilines is 1. The first kappa shape index (κ1) is 33.1. The Bertz CT molecular complexity index is 1420. The highest BCUT2D eigenvalue weighted by molar-refractivity contribution is 7.91. The number of carbonyl (C=O) groups is 4. The SMILES string of the molecule is C[C@@H]1C[C@H]2C(=O)N[C@]3(C(=O)NS(=O)(=O)Nc4ccc(Cl)cc4)C[C@H]3/C=C\CCCCC[C@H](NC(=O)OC3CCCC3)C(=O)N2C1. The van der Waals surface area contributed by atoms with Crippen molar-refractivity contribution in [3.63, 3.8) is 0 Å². The van der Waals surface area contributed by atoms with E-state index in [0.29, 0.717) is 37.3 Å². The second-order valence-corrected chi connectivity index (χ2v) is 14.6. The average molecular weight is 664 g/mol. The minimum Gasteiger partial charge on any atom is -0.446 e. The van der Waals surface area contributed by atoms with Gasteiger partial charge >= 0.3 is 16.3 Å². The minimum atomic E-state index is -4.34. The maximum atomic E-state index is 13.9. The van der Waals surface area contributed by atoms with E-state index in [-0.39, 0.29) is 30.0 Å². The molecular formula is C31H42ClN5O7S. The van der Waals surface area contributed by atoms with Crippen LogP contribution >= 0.6 is 11.6 Å². The van der Waals surface area contributed by atoms with Gasteiger partial charge in [-0.15, -0.1) is 0 Å². The Balaban J connectivity index is 1.33. The molecule has 2 saturated carbocycles. The van der Waals surface area contributed by atoms with Crippen LogP contribution in [0.5, 0.6) is 0 Å². The third-order valence-corrected chi connectivity index (χ3v) is 10.3. The van der Waals surface area contributed by atoms with Crippen molar-refractivity contribution in [1.29, 1.82) is 0 Å². The predicted molar refractivity (Wildman–Crippen MR) is 168 cm³/mol. The topological polar surface area (TPSA) is 163 Å². The van der Waals surface area contributed by atoms with E-state index in [4.69, 9.17) is 16.3 Å².